The van der Waals surface area contributed by atoms with Crippen molar-refractivity contribution in [2.24, 2.45) is 0 Å². The fraction of sp³-hybridized carbons (Fsp3) is 0. The molecule has 60 heavy (non-hydrogen) atoms. The van der Waals surface area contributed by atoms with Crippen LogP contribution >= 0.6 is 11.3 Å². The van der Waals surface area contributed by atoms with Crippen LogP contribution in [0.1, 0.15) is 22.8 Å². The molecular weight excluding hydrogens is 847 g/mol. The molecule has 5 heterocycles. The van der Waals surface area contributed by atoms with Crippen molar-refractivity contribution in [1.82, 2.24) is 15.0 Å². The van der Waals surface area contributed by atoms with Crippen LogP contribution in [0.3, 0.4) is 0 Å². The Kier molecular flexibility index (Phi) is 12.5. The van der Waals surface area contributed by atoms with Gasteiger partial charge in [-0.2, -0.15) is 0 Å². The number of hydrogen-bond donors (Lipinski definition) is 1. The smallest absolute Gasteiger partial charge is 0.744 e. The van der Waals surface area contributed by atoms with Crippen LogP contribution in [0.5, 0.6) is 0 Å². The molecule has 9 nitrogen and oxygen atoms in total. The first-order chi connectivity index (χ1) is 27.8. The number of halogens is 2. The van der Waals surface area contributed by atoms with Crippen LogP contribution in [0, 0.1) is 11.6 Å². The summed E-state index contributed by atoms with van der Waals surface area (Å²) in [7, 11) is -9.47. The minimum atomic E-state index is -4.74. The van der Waals surface area contributed by atoms with Gasteiger partial charge in [0.2, 0.25) is 0 Å². The van der Waals surface area contributed by atoms with Crippen LogP contribution < -0.4 is 59.1 Å². The predicted molar refractivity (Wildman–Crippen MR) is 220 cm³/mol. The molecule has 16 heteroatoms. The SMILES string of the molecule is O=S(=O)([O-])c1ccc(-c2c3nc(c(-c4ccc(F)cc4)c4ccc(s4)c(-c4ccc(F)cc4)c4nc(c(-c5ccc(S(=O)(=O)[O-])cc5)c5ccc2[nH]5)C=C4)C=C3)cc1.[Na+].[Na+]. The Hall–Kier alpha value is -4.42. The number of aromatic nitrogens is 3. The van der Waals surface area contributed by atoms with Gasteiger partial charge in [-0.1, -0.05) is 48.5 Å². The normalized spacial score (nSPS) is 12.2. The van der Waals surface area contributed by atoms with E-state index >= 15 is 0 Å². The number of aromatic amines is 1. The summed E-state index contributed by atoms with van der Waals surface area (Å²) in [6.45, 7) is 0. The second kappa shape index (κ2) is 17.2. The van der Waals surface area contributed by atoms with Gasteiger partial charge < -0.3 is 14.1 Å². The molecule has 3 aromatic heterocycles. The van der Waals surface area contributed by atoms with E-state index in [1.54, 1.807) is 24.3 Å². The third-order valence-corrected chi connectivity index (χ3v) is 12.6. The van der Waals surface area contributed by atoms with Gasteiger partial charge >= 0.3 is 59.1 Å². The van der Waals surface area contributed by atoms with Crippen LogP contribution in [0.2, 0.25) is 0 Å². The van der Waals surface area contributed by atoms with Crippen molar-refractivity contribution in [2.75, 3.05) is 0 Å². The third kappa shape index (κ3) is 8.56. The first kappa shape index (κ1) is 43.7. The zero-order valence-corrected chi connectivity index (χ0v) is 38.1. The van der Waals surface area contributed by atoms with E-state index in [9.17, 15) is 34.7 Å². The number of fused-ring (bicyclic) bond motifs is 8. The molecule has 0 saturated heterocycles. The molecule has 0 radical (unpaired) electrons. The monoisotopic (exact) mass is 871 g/mol. The maximum absolute atomic E-state index is 14.3. The van der Waals surface area contributed by atoms with Crippen molar-refractivity contribution in [3.05, 3.63) is 156 Å². The quantitative estimate of drug-likeness (QED) is 0.193. The van der Waals surface area contributed by atoms with Crippen molar-refractivity contribution in [3.63, 3.8) is 0 Å². The summed E-state index contributed by atoms with van der Waals surface area (Å²) < 4.78 is 101. The fourth-order valence-electron chi connectivity index (χ4n) is 7.10. The summed E-state index contributed by atoms with van der Waals surface area (Å²) in [4.78, 5) is 12.9. The van der Waals surface area contributed by atoms with Gasteiger partial charge in [0.25, 0.3) is 0 Å². The summed E-state index contributed by atoms with van der Waals surface area (Å²) >= 11 is 1.44. The number of nitrogens with one attached hydrogen (secondary N) is 1. The first-order valence-electron chi connectivity index (χ1n) is 17.5. The van der Waals surface area contributed by atoms with E-state index in [4.69, 9.17) is 9.97 Å². The van der Waals surface area contributed by atoms with Crippen molar-refractivity contribution < 1.29 is 93.8 Å². The Balaban J connectivity index is 0.00000272. The molecule has 7 aromatic rings. The van der Waals surface area contributed by atoms with Gasteiger partial charge in [0.05, 0.1) is 32.6 Å². The van der Waals surface area contributed by atoms with Gasteiger partial charge in [-0.05, 0) is 119 Å². The maximum Gasteiger partial charge on any atom is 1.00 e. The summed E-state index contributed by atoms with van der Waals surface area (Å²) in [5, 5.41) is 0. The van der Waals surface area contributed by atoms with E-state index in [0.717, 1.165) is 9.40 Å². The van der Waals surface area contributed by atoms with Gasteiger partial charge in [-0.25, -0.2) is 35.6 Å². The zero-order valence-electron chi connectivity index (χ0n) is 31.7. The van der Waals surface area contributed by atoms with E-state index in [2.05, 4.69) is 4.98 Å². The van der Waals surface area contributed by atoms with Crippen LogP contribution in [-0.4, -0.2) is 40.9 Å². The fourth-order valence-corrected chi connectivity index (χ4v) is 9.20. The molecule has 286 valence electrons. The second-order valence-corrected chi connectivity index (χ2v) is 17.2. The number of rotatable bonds is 6. The number of benzene rings is 4. The third-order valence-electron chi connectivity index (χ3n) is 9.76. The van der Waals surface area contributed by atoms with Gasteiger partial charge in [-0.15, -0.1) is 11.3 Å². The molecule has 8 bridgehead atoms. The standard InChI is InChI=1S/C44H27F2N3O6S3.2Na/c45-29-9-1-27(2-10-29)43-37-21-19-35(48-37)41(25-5-13-31(14-6-25)57(50,51)52)33-17-18-34(47-33)42(26-7-15-32(16-8-26)58(53,54)55)36-20-22-38(49-36)44(40-24-23-39(43)56-40)28-3-11-30(46)12-4-28;;/h1-24,47H,(H,50,51,52)(H,53,54,55);;/q;2*+1/p-2. The number of nitrogens with zero attached hydrogens (tertiary/aromatic N) is 2. The predicted octanol–water partition coefficient (Wildman–Crippen LogP) is 4.15. The Morgan fingerprint density at radius 3 is 1.07 bits per heavy atom. The summed E-state index contributed by atoms with van der Waals surface area (Å²) in [6, 6.07) is 30.7. The average molecular weight is 872 g/mol. The van der Waals surface area contributed by atoms with Crippen LogP contribution in [0.25, 0.3) is 89.2 Å². The molecule has 0 saturated carbocycles. The molecule has 0 unspecified atom stereocenters. The second-order valence-electron chi connectivity index (χ2n) is 13.4. The number of H-pyrrole nitrogens is 1. The largest absolute Gasteiger partial charge is 1.00 e. The Labute approximate surface area is 391 Å². The van der Waals surface area contributed by atoms with Gasteiger partial charge in [0.1, 0.15) is 31.9 Å². The van der Waals surface area contributed by atoms with Crippen LogP contribution in [0.4, 0.5) is 8.78 Å². The topological polar surface area (TPSA) is 156 Å². The Morgan fingerprint density at radius 1 is 0.433 bits per heavy atom. The van der Waals surface area contributed by atoms with Gasteiger partial charge in [0, 0.05) is 42.7 Å². The number of thiophene rings is 1. The first-order valence-corrected chi connectivity index (χ1v) is 21.2. The molecule has 4 aromatic carbocycles. The van der Waals surface area contributed by atoms with E-state index in [1.165, 1.54) is 84.1 Å². The van der Waals surface area contributed by atoms with E-state index < -0.39 is 41.7 Å². The van der Waals surface area contributed by atoms with Crippen LogP contribution in [0.15, 0.2) is 131 Å². The maximum atomic E-state index is 14.3. The summed E-state index contributed by atoms with van der Waals surface area (Å²) in [5.41, 5.74) is 8.19. The minimum absolute atomic E-state index is 0. The molecule has 0 aliphatic carbocycles. The Morgan fingerprint density at radius 2 is 0.733 bits per heavy atom. The van der Waals surface area contributed by atoms with Gasteiger partial charge in [-0.3, -0.25) is 0 Å². The van der Waals surface area contributed by atoms with Crippen molar-refractivity contribution in [1.29, 1.82) is 0 Å². The molecule has 0 fully saturated rings. The summed E-state index contributed by atoms with van der Waals surface area (Å²) in [5.74, 6) is -0.815. The van der Waals surface area contributed by atoms with E-state index in [0.29, 0.717) is 78.3 Å². The molecular formula is C44H25F2N3Na2O6S3. The molecule has 0 spiro atoms. The molecule has 2 aliphatic rings. The number of hydrogen-bond acceptors (Lipinski definition) is 9. The van der Waals surface area contributed by atoms with Crippen LogP contribution in [-0.2, 0) is 20.2 Å². The van der Waals surface area contributed by atoms with Gasteiger partial charge in [0.15, 0.2) is 0 Å². The Bertz CT molecular complexity index is 3060. The van der Waals surface area contributed by atoms with E-state index in [-0.39, 0.29) is 59.1 Å². The molecule has 2 aliphatic heterocycles. The van der Waals surface area contributed by atoms with Crippen molar-refractivity contribution in [3.8, 4) is 44.5 Å². The van der Waals surface area contributed by atoms with Crippen molar-refractivity contribution >= 4 is 76.3 Å². The average Bonchev–Trinajstić information content (AvgIpc) is 4.04. The van der Waals surface area contributed by atoms with E-state index in [1.807, 2.05) is 48.6 Å². The molecule has 1 N–H and O–H groups in total. The summed E-state index contributed by atoms with van der Waals surface area (Å²) in [6.07, 6.45) is 7.30. The minimum Gasteiger partial charge on any atom is -0.744 e. The molecule has 9 rings (SSSR count). The van der Waals surface area contributed by atoms with Crippen molar-refractivity contribution in [2.45, 2.75) is 9.79 Å². The molecule has 0 amide bonds. The molecule has 0 atom stereocenters. The zero-order chi connectivity index (χ0) is 40.3.